The lowest BCUT2D eigenvalue weighted by molar-refractivity contribution is -0.386. The van der Waals surface area contributed by atoms with Gasteiger partial charge < -0.3 is 9.47 Å². The van der Waals surface area contributed by atoms with Gasteiger partial charge in [0.1, 0.15) is 0 Å². The summed E-state index contributed by atoms with van der Waals surface area (Å²) < 4.78 is 33.0. The van der Waals surface area contributed by atoms with Gasteiger partial charge in [-0.05, 0) is 31.4 Å². The largest absolute Gasteiger partial charge is 0.487 e. The molecule has 1 aromatic carbocycles. The molecule has 118 valence electrons. The van der Waals surface area contributed by atoms with E-state index in [-0.39, 0.29) is 17.3 Å². The molecule has 0 aliphatic carbocycles. The van der Waals surface area contributed by atoms with Crippen molar-refractivity contribution in [2.45, 2.75) is 24.7 Å². The Balaban J connectivity index is 2.99. The molecule has 0 fully saturated rings. The molecular weight excluding hydrogens is 322 g/mol. The van der Waals surface area contributed by atoms with Crippen LogP contribution < -0.4 is 4.74 Å². The zero-order valence-corrected chi connectivity index (χ0v) is 13.2. The lowest BCUT2D eigenvalue weighted by atomic mass is 10.2. The quantitative estimate of drug-likeness (QED) is 0.313. The van der Waals surface area contributed by atoms with Crippen LogP contribution in [0.5, 0.6) is 5.75 Å². The molecule has 0 saturated heterocycles. The lowest BCUT2D eigenvalue weighted by Gasteiger charge is -2.09. The van der Waals surface area contributed by atoms with E-state index < -0.39 is 19.7 Å². The first-order valence-corrected chi connectivity index (χ1v) is 8.43. The highest BCUT2D eigenvalue weighted by atomic mass is 35.7. The molecule has 0 spiro atoms. The molecule has 1 aromatic rings. The summed E-state index contributed by atoms with van der Waals surface area (Å²) in [5, 5.41) is 11.0. The molecule has 0 heterocycles. The Morgan fingerprint density at radius 3 is 2.43 bits per heavy atom. The minimum Gasteiger partial charge on any atom is -0.487 e. The molecule has 7 nitrogen and oxygen atoms in total. The monoisotopic (exact) mass is 337 g/mol. The third kappa shape index (κ3) is 5.14. The van der Waals surface area contributed by atoms with Gasteiger partial charge in [0.15, 0.2) is 5.75 Å². The zero-order chi connectivity index (χ0) is 16.0. The fourth-order valence-electron chi connectivity index (χ4n) is 1.70. The van der Waals surface area contributed by atoms with E-state index in [1.807, 2.05) is 0 Å². The van der Waals surface area contributed by atoms with E-state index in [1.165, 1.54) is 13.0 Å². The Morgan fingerprint density at radius 1 is 1.29 bits per heavy atom. The number of nitrogens with zero attached hydrogens (tertiary/aromatic N) is 1. The van der Waals surface area contributed by atoms with E-state index >= 15 is 0 Å². The van der Waals surface area contributed by atoms with Gasteiger partial charge in [0.05, 0.1) is 16.4 Å². The molecular formula is C12H16ClNO6S. The van der Waals surface area contributed by atoms with Crippen molar-refractivity contribution in [3.8, 4) is 5.75 Å². The first kappa shape index (κ1) is 17.7. The number of ether oxygens (including phenoxy) is 2. The van der Waals surface area contributed by atoms with Gasteiger partial charge in [-0.25, -0.2) is 8.42 Å². The number of benzene rings is 1. The van der Waals surface area contributed by atoms with Crippen LogP contribution in [0.3, 0.4) is 0 Å². The van der Waals surface area contributed by atoms with Crippen molar-refractivity contribution in [3.63, 3.8) is 0 Å². The summed E-state index contributed by atoms with van der Waals surface area (Å²) in [4.78, 5) is 10.0. The van der Waals surface area contributed by atoms with Crippen molar-refractivity contribution in [2.75, 3.05) is 20.3 Å². The number of unbranched alkanes of at least 4 members (excludes halogenated alkanes) is 1. The van der Waals surface area contributed by atoms with Crippen molar-refractivity contribution in [1.82, 2.24) is 0 Å². The maximum Gasteiger partial charge on any atom is 0.312 e. The van der Waals surface area contributed by atoms with Crippen molar-refractivity contribution in [2.24, 2.45) is 0 Å². The standard InChI is InChI=1S/C12H16ClNO6S/c1-9-7-11(20-6-4-3-5-19-2)10(14(15)16)8-12(9)21(13,17)18/h7-8H,3-6H2,1-2H3. The van der Waals surface area contributed by atoms with Crippen LogP contribution in [0.2, 0.25) is 0 Å². The molecule has 0 unspecified atom stereocenters. The fourth-order valence-corrected chi connectivity index (χ4v) is 2.90. The first-order valence-electron chi connectivity index (χ1n) is 6.12. The molecule has 0 aliphatic heterocycles. The van der Waals surface area contributed by atoms with E-state index in [2.05, 4.69) is 0 Å². The van der Waals surface area contributed by atoms with Crippen LogP contribution in [0.1, 0.15) is 18.4 Å². The van der Waals surface area contributed by atoms with Crippen LogP contribution in [0.4, 0.5) is 5.69 Å². The van der Waals surface area contributed by atoms with E-state index in [9.17, 15) is 18.5 Å². The molecule has 0 saturated carbocycles. The topological polar surface area (TPSA) is 95.7 Å². The predicted molar refractivity (Wildman–Crippen MR) is 77.5 cm³/mol. The molecule has 0 aromatic heterocycles. The van der Waals surface area contributed by atoms with Crippen molar-refractivity contribution in [3.05, 3.63) is 27.8 Å². The summed E-state index contributed by atoms with van der Waals surface area (Å²) >= 11 is 0. The number of aryl methyl sites for hydroxylation is 1. The van der Waals surface area contributed by atoms with Gasteiger partial charge in [0, 0.05) is 30.5 Å². The summed E-state index contributed by atoms with van der Waals surface area (Å²) in [6.07, 6.45) is 1.43. The fraction of sp³-hybridized carbons (Fsp3) is 0.500. The number of hydrogen-bond acceptors (Lipinski definition) is 6. The van der Waals surface area contributed by atoms with Crippen molar-refractivity contribution < 1.29 is 22.8 Å². The molecule has 0 bridgehead atoms. The minimum atomic E-state index is -4.04. The first-order chi connectivity index (χ1) is 9.77. The maximum atomic E-state index is 11.4. The summed E-state index contributed by atoms with van der Waals surface area (Å²) in [6.45, 7) is 2.35. The second kappa shape index (κ2) is 7.58. The second-order valence-electron chi connectivity index (χ2n) is 4.33. The molecule has 0 radical (unpaired) electrons. The van der Waals surface area contributed by atoms with Crippen molar-refractivity contribution in [1.29, 1.82) is 0 Å². The van der Waals surface area contributed by atoms with E-state index in [0.29, 0.717) is 18.6 Å². The van der Waals surface area contributed by atoms with Crippen LogP contribution in [0, 0.1) is 17.0 Å². The van der Waals surface area contributed by atoms with Gasteiger partial charge in [-0.15, -0.1) is 0 Å². The van der Waals surface area contributed by atoms with Crippen LogP contribution >= 0.6 is 10.7 Å². The lowest BCUT2D eigenvalue weighted by Crippen LogP contribution is -2.04. The Morgan fingerprint density at radius 2 is 1.90 bits per heavy atom. The van der Waals surface area contributed by atoms with Gasteiger partial charge >= 0.3 is 5.69 Å². The normalized spacial score (nSPS) is 11.4. The number of halogens is 1. The Kier molecular flexibility index (Phi) is 6.38. The number of rotatable bonds is 8. The van der Waals surface area contributed by atoms with Crippen LogP contribution in [0.15, 0.2) is 17.0 Å². The second-order valence-corrected chi connectivity index (χ2v) is 6.86. The van der Waals surface area contributed by atoms with Gasteiger partial charge in [-0.2, -0.15) is 0 Å². The highest BCUT2D eigenvalue weighted by Crippen LogP contribution is 2.33. The molecule has 9 heteroatoms. The predicted octanol–water partition coefficient (Wildman–Crippen LogP) is 2.64. The highest BCUT2D eigenvalue weighted by Gasteiger charge is 2.23. The average Bonchev–Trinajstić information content (AvgIpc) is 2.36. The number of nitro benzene ring substituents is 1. The average molecular weight is 338 g/mol. The van der Waals surface area contributed by atoms with Gasteiger partial charge in [-0.3, -0.25) is 10.1 Å². The summed E-state index contributed by atoms with van der Waals surface area (Å²) in [5.74, 6) is 0.0268. The smallest absolute Gasteiger partial charge is 0.312 e. The summed E-state index contributed by atoms with van der Waals surface area (Å²) in [7, 11) is 2.79. The van der Waals surface area contributed by atoms with Crippen LogP contribution in [-0.4, -0.2) is 33.7 Å². The van der Waals surface area contributed by atoms with E-state index in [4.69, 9.17) is 20.2 Å². The third-order valence-corrected chi connectivity index (χ3v) is 4.18. The Bertz CT molecular complexity index is 616. The Labute approximate surface area is 127 Å². The highest BCUT2D eigenvalue weighted by molar-refractivity contribution is 8.13. The van der Waals surface area contributed by atoms with Gasteiger partial charge in [0.25, 0.3) is 9.05 Å². The van der Waals surface area contributed by atoms with Crippen LogP contribution in [-0.2, 0) is 13.8 Å². The van der Waals surface area contributed by atoms with E-state index in [0.717, 1.165) is 12.5 Å². The molecule has 0 N–H and O–H groups in total. The maximum absolute atomic E-state index is 11.4. The Hall–Kier alpha value is -1.38. The van der Waals surface area contributed by atoms with Gasteiger partial charge in [0.2, 0.25) is 0 Å². The number of hydrogen-bond donors (Lipinski definition) is 0. The number of methoxy groups -OCH3 is 1. The molecule has 0 amide bonds. The molecule has 0 atom stereocenters. The van der Waals surface area contributed by atoms with Gasteiger partial charge in [-0.1, -0.05) is 0 Å². The molecule has 21 heavy (non-hydrogen) atoms. The number of nitro groups is 1. The van der Waals surface area contributed by atoms with E-state index in [1.54, 1.807) is 7.11 Å². The zero-order valence-electron chi connectivity index (χ0n) is 11.7. The van der Waals surface area contributed by atoms with Crippen LogP contribution in [0.25, 0.3) is 0 Å². The molecule has 0 aliphatic rings. The molecule has 1 rings (SSSR count). The minimum absolute atomic E-state index is 0.0268. The SMILES string of the molecule is COCCCCOc1cc(C)c(S(=O)(=O)Cl)cc1[N+](=O)[O-]. The summed E-state index contributed by atoms with van der Waals surface area (Å²) in [5.41, 5.74) is -0.131. The summed E-state index contributed by atoms with van der Waals surface area (Å²) in [6, 6.07) is 2.23. The van der Waals surface area contributed by atoms with Crippen molar-refractivity contribution >= 4 is 25.4 Å². The third-order valence-electron chi connectivity index (χ3n) is 2.72.